The molecule has 1 aliphatic rings. The van der Waals surface area contributed by atoms with Gasteiger partial charge in [-0.25, -0.2) is 0 Å². The van der Waals surface area contributed by atoms with Crippen LogP contribution in [0.25, 0.3) is 10.4 Å². The van der Waals surface area contributed by atoms with E-state index in [1.165, 1.54) is 10.4 Å². The highest BCUT2D eigenvalue weighted by Gasteiger charge is 2.12. The summed E-state index contributed by atoms with van der Waals surface area (Å²) in [5, 5.41) is 2.08. The van der Waals surface area contributed by atoms with Crippen molar-refractivity contribution in [2.75, 3.05) is 13.2 Å². The first-order valence-corrected chi connectivity index (χ1v) is 5.75. The standard InChI is InChI=1S/C12H10O2S/c1-2-12(15-7-1)9-3-4-10-11(8-9)14-6-5-13-10/h1-4,7-8H,5-6H2. The summed E-state index contributed by atoms with van der Waals surface area (Å²) in [6.45, 7) is 1.28. The van der Waals surface area contributed by atoms with Gasteiger partial charge in [0.15, 0.2) is 11.5 Å². The van der Waals surface area contributed by atoms with Crippen molar-refractivity contribution in [2.24, 2.45) is 0 Å². The molecule has 2 aromatic rings. The van der Waals surface area contributed by atoms with Gasteiger partial charge in [0.2, 0.25) is 0 Å². The van der Waals surface area contributed by atoms with Gasteiger partial charge in [-0.1, -0.05) is 6.07 Å². The summed E-state index contributed by atoms with van der Waals surface area (Å²) in [6, 6.07) is 10.2. The largest absolute Gasteiger partial charge is 0.486 e. The number of ether oxygens (including phenoxy) is 2. The first kappa shape index (κ1) is 8.80. The summed E-state index contributed by atoms with van der Waals surface area (Å²) < 4.78 is 11.0. The van der Waals surface area contributed by atoms with Crippen LogP contribution in [-0.2, 0) is 0 Å². The summed E-state index contributed by atoms with van der Waals surface area (Å²) in [6.07, 6.45) is 0. The van der Waals surface area contributed by atoms with Gasteiger partial charge in [0.05, 0.1) is 0 Å². The summed E-state index contributed by atoms with van der Waals surface area (Å²) >= 11 is 1.73. The zero-order chi connectivity index (χ0) is 10.1. The Bertz CT molecular complexity index is 462. The summed E-state index contributed by atoms with van der Waals surface area (Å²) in [5.74, 6) is 1.70. The highest BCUT2D eigenvalue weighted by Crippen LogP contribution is 2.35. The van der Waals surface area contributed by atoms with E-state index in [1.807, 2.05) is 12.1 Å². The third kappa shape index (κ3) is 1.59. The number of hydrogen-bond donors (Lipinski definition) is 0. The Morgan fingerprint density at radius 3 is 2.67 bits per heavy atom. The Morgan fingerprint density at radius 2 is 1.87 bits per heavy atom. The van der Waals surface area contributed by atoms with Crippen molar-refractivity contribution in [1.29, 1.82) is 0 Å². The van der Waals surface area contributed by atoms with Crippen LogP contribution in [0.15, 0.2) is 35.7 Å². The molecule has 0 radical (unpaired) electrons. The Morgan fingerprint density at radius 1 is 1.00 bits per heavy atom. The second-order valence-corrected chi connectivity index (χ2v) is 4.28. The Kier molecular flexibility index (Phi) is 2.10. The first-order chi connectivity index (χ1) is 7.43. The predicted molar refractivity (Wildman–Crippen MR) is 60.7 cm³/mol. The molecule has 3 heteroatoms. The van der Waals surface area contributed by atoms with Crippen LogP contribution in [-0.4, -0.2) is 13.2 Å². The molecule has 15 heavy (non-hydrogen) atoms. The molecule has 0 unspecified atom stereocenters. The van der Waals surface area contributed by atoms with Crippen LogP contribution in [0, 0.1) is 0 Å². The molecule has 2 heterocycles. The van der Waals surface area contributed by atoms with Crippen molar-refractivity contribution in [3.05, 3.63) is 35.7 Å². The van der Waals surface area contributed by atoms with Crippen LogP contribution >= 0.6 is 11.3 Å². The quantitative estimate of drug-likeness (QED) is 0.732. The minimum Gasteiger partial charge on any atom is -0.486 e. The molecule has 1 aromatic carbocycles. The lowest BCUT2D eigenvalue weighted by Gasteiger charge is -2.18. The molecule has 0 saturated carbocycles. The van der Waals surface area contributed by atoms with Gasteiger partial charge in [0.25, 0.3) is 0 Å². The van der Waals surface area contributed by atoms with E-state index in [0.717, 1.165) is 11.5 Å². The Hall–Kier alpha value is -1.48. The van der Waals surface area contributed by atoms with Crippen LogP contribution in [0.1, 0.15) is 0 Å². The lowest BCUT2D eigenvalue weighted by atomic mass is 10.1. The molecule has 2 nitrogen and oxygen atoms in total. The maximum Gasteiger partial charge on any atom is 0.162 e. The van der Waals surface area contributed by atoms with E-state index in [-0.39, 0.29) is 0 Å². The van der Waals surface area contributed by atoms with E-state index in [0.29, 0.717) is 13.2 Å². The number of fused-ring (bicyclic) bond motifs is 1. The van der Waals surface area contributed by atoms with Gasteiger partial charge in [-0.15, -0.1) is 11.3 Å². The smallest absolute Gasteiger partial charge is 0.162 e. The molecule has 1 aromatic heterocycles. The summed E-state index contributed by atoms with van der Waals surface area (Å²) in [5.41, 5.74) is 1.19. The van der Waals surface area contributed by atoms with E-state index in [2.05, 4.69) is 23.6 Å². The number of hydrogen-bond acceptors (Lipinski definition) is 3. The van der Waals surface area contributed by atoms with Gasteiger partial charge in [-0.05, 0) is 35.2 Å². The average Bonchev–Trinajstić information content (AvgIpc) is 2.82. The predicted octanol–water partition coefficient (Wildman–Crippen LogP) is 3.19. The van der Waals surface area contributed by atoms with Gasteiger partial charge in [0.1, 0.15) is 13.2 Å². The third-order valence-corrected chi connectivity index (χ3v) is 3.27. The van der Waals surface area contributed by atoms with Crippen LogP contribution in [0.5, 0.6) is 11.5 Å². The molecular weight excluding hydrogens is 208 g/mol. The monoisotopic (exact) mass is 218 g/mol. The fourth-order valence-corrected chi connectivity index (χ4v) is 2.36. The fraction of sp³-hybridized carbons (Fsp3) is 0.167. The lowest BCUT2D eigenvalue weighted by molar-refractivity contribution is 0.171. The van der Waals surface area contributed by atoms with E-state index >= 15 is 0 Å². The van der Waals surface area contributed by atoms with Crippen molar-refractivity contribution in [1.82, 2.24) is 0 Å². The van der Waals surface area contributed by atoms with Crippen molar-refractivity contribution < 1.29 is 9.47 Å². The molecule has 76 valence electrons. The molecule has 0 amide bonds. The van der Waals surface area contributed by atoms with E-state index in [1.54, 1.807) is 11.3 Å². The molecular formula is C12H10O2S. The lowest BCUT2D eigenvalue weighted by Crippen LogP contribution is -2.15. The third-order valence-electron chi connectivity index (χ3n) is 2.35. The van der Waals surface area contributed by atoms with Crippen LogP contribution in [0.2, 0.25) is 0 Å². The molecule has 0 bridgehead atoms. The van der Waals surface area contributed by atoms with Gasteiger partial charge in [0, 0.05) is 4.88 Å². The highest BCUT2D eigenvalue weighted by molar-refractivity contribution is 7.13. The zero-order valence-corrected chi connectivity index (χ0v) is 8.92. The van der Waals surface area contributed by atoms with Gasteiger partial charge >= 0.3 is 0 Å². The van der Waals surface area contributed by atoms with E-state index in [4.69, 9.17) is 9.47 Å². The molecule has 0 spiro atoms. The normalized spacial score (nSPS) is 13.9. The molecule has 0 aliphatic carbocycles. The maximum absolute atomic E-state index is 5.54. The van der Waals surface area contributed by atoms with Crippen LogP contribution in [0.4, 0.5) is 0 Å². The van der Waals surface area contributed by atoms with Gasteiger partial charge in [-0.3, -0.25) is 0 Å². The molecule has 3 rings (SSSR count). The van der Waals surface area contributed by atoms with Crippen molar-refractivity contribution in [3.8, 4) is 21.9 Å². The number of rotatable bonds is 1. The first-order valence-electron chi connectivity index (χ1n) is 4.87. The molecule has 0 saturated heterocycles. The maximum atomic E-state index is 5.54. The minimum absolute atomic E-state index is 0.640. The Balaban J connectivity index is 2.04. The van der Waals surface area contributed by atoms with E-state index < -0.39 is 0 Å². The summed E-state index contributed by atoms with van der Waals surface area (Å²) in [7, 11) is 0. The average molecular weight is 218 g/mol. The Labute approximate surface area is 92.1 Å². The van der Waals surface area contributed by atoms with Gasteiger partial charge in [-0.2, -0.15) is 0 Å². The second-order valence-electron chi connectivity index (χ2n) is 3.34. The number of thiophene rings is 1. The van der Waals surface area contributed by atoms with Crippen LogP contribution < -0.4 is 9.47 Å². The molecule has 0 atom stereocenters. The topological polar surface area (TPSA) is 18.5 Å². The van der Waals surface area contributed by atoms with Crippen molar-refractivity contribution >= 4 is 11.3 Å². The van der Waals surface area contributed by atoms with Crippen LogP contribution in [0.3, 0.4) is 0 Å². The van der Waals surface area contributed by atoms with Gasteiger partial charge < -0.3 is 9.47 Å². The minimum atomic E-state index is 0.640. The summed E-state index contributed by atoms with van der Waals surface area (Å²) in [4.78, 5) is 1.26. The second kappa shape index (κ2) is 3.59. The van der Waals surface area contributed by atoms with Crippen molar-refractivity contribution in [2.45, 2.75) is 0 Å². The van der Waals surface area contributed by atoms with Crippen molar-refractivity contribution in [3.63, 3.8) is 0 Å². The highest BCUT2D eigenvalue weighted by atomic mass is 32.1. The molecule has 1 aliphatic heterocycles. The zero-order valence-electron chi connectivity index (χ0n) is 8.10. The number of benzene rings is 1. The SMILES string of the molecule is c1csc(-c2ccc3c(c2)OCCO3)c1. The molecule has 0 fully saturated rings. The van der Waals surface area contributed by atoms with E-state index in [9.17, 15) is 0 Å². The molecule has 0 N–H and O–H groups in total. The fourth-order valence-electron chi connectivity index (χ4n) is 1.64.